The Kier molecular flexibility index (Phi) is 5.84. The fraction of sp³-hybridized carbons (Fsp3) is 0.125. The molecule has 3 aromatic carbocycles. The van der Waals surface area contributed by atoms with Crippen molar-refractivity contribution in [3.63, 3.8) is 0 Å². The van der Waals surface area contributed by atoms with Crippen molar-refractivity contribution in [1.82, 2.24) is 5.32 Å². The average Bonchev–Trinajstić information content (AvgIpc) is 2.70. The summed E-state index contributed by atoms with van der Waals surface area (Å²) in [5.74, 6) is 6.09. The van der Waals surface area contributed by atoms with Gasteiger partial charge in [-0.1, -0.05) is 60.4 Å². The summed E-state index contributed by atoms with van der Waals surface area (Å²) in [4.78, 5) is 0. The predicted molar refractivity (Wildman–Crippen MR) is 108 cm³/mol. The van der Waals surface area contributed by atoms with E-state index in [9.17, 15) is 0 Å². The van der Waals surface area contributed by atoms with Crippen LogP contribution in [0, 0.1) is 23.2 Å². The van der Waals surface area contributed by atoms with E-state index in [1.807, 2.05) is 24.3 Å². The molecule has 0 heterocycles. The number of nitriles is 1. The zero-order valence-electron chi connectivity index (χ0n) is 14.7. The molecule has 0 amide bonds. The summed E-state index contributed by atoms with van der Waals surface area (Å²) in [5.41, 5.74) is 2.86. The molecule has 1 atom stereocenters. The number of rotatable bonds is 4. The van der Waals surface area contributed by atoms with Gasteiger partial charge in [-0.2, -0.15) is 5.26 Å². The van der Waals surface area contributed by atoms with E-state index < -0.39 is 0 Å². The number of fused-ring (bicyclic) bond motifs is 1. The highest BCUT2D eigenvalue weighted by atomic mass is 14.9. The number of allylic oxidation sites excluding steroid dienone is 1. The Labute approximate surface area is 154 Å². The summed E-state index contributed by atoms with van der Waals surface area (Å²) in [7, 11) is 0. The zero-order chi connectivity index (χ0) is 18.2. The largest absolute Gasteiger partial charge is 0.307 e. The molecule has 1 N–H and O–H groups in total. The van der Waals surface area contributed by atoms with Crippen molar-refractivity contribution in [2.24, 2.45) is 0 Å². The summed E-state index contributed by atoms with van der Waals surface area (Å²) < 4.78 is 0. The lowest BCUT2D eigenvalue weighted by Gasteiger charge is -2.15. The monoisotopic (exact) mass is 336 g/mol. The van der Waals surface area contributed by atoms with Crippen molar-refractivity contribution in [2.75, 3.05) is 6.54 Å². The molecule has 2 nitrogen and oxygen atoms in total. The van der Waals surface area contributed by atoms with Crippen molar-refractivity contribution in [3.05, 3.63) is 95.6 Å². The van der Waals surface area contributed by atoms with Crippen LogP contribution < -0.4 is 5.32 Å². The molecule has 0 aliphatic carbocycles. The van der Waals surface area contributed by atoms with E-state index in [0.29, 0.717) is 5.56 Å². The molecule has 126 valence electrons. The molecule has 0 fully saturated rings. The molecular weight excluding hydrogens is 316 g/mol. The topological polar surface area (TPSA) is 35.8 Å². The van der Waals surface area contributed by atoms with E-state index in [0.717, 1.165) is 12.1 Å². The third-order valence-corrected chi connectivity index (χ3v) is 4.26. The summed E-state index contributed by atoms with van der Waals surface area (Å²) in [6.45, 7) is 2.93. The summed E-state index contributed by atoms with van der Waals surface area (Å²) >= 11 is 0. The zero-order valence-corrected chi connectivity index (χ0v) is 14.7. The fourth-order valence-electron chi connectivity index (χ4n) is 2.85. The molecule has 0 radical (unpaired) electrons. The molecule has 2 heteroatoms. The Hall–Kier alpha value is -3.33. The van der Waals surface area contributed by atoms with Gasteiger partial charge in [0.15, 0.2) is 0 Å². The highest BCUT2D eigenvalue weighted by molar-refractivity contribution is 5.86. The van der Waals surface area contributed by atoms with Crippen LogP contribution in [0.3, 0.4) is 0 Å². The molecule has 0 saturated heterocycles. The Morgan fingerprint density at radius 1 is 0.962 bits per heavy atom. The predicted octanol–water partition coefficient (Wildman–Crippen LogP) is 4.97. The van der Waals surface area contributed by atoms with Gasteiger partial charge in [0.1, 0.15) is 0 Å². The highest BCUT2D eigenvalue weighted by Gasteiger charge is 2.07. The molecule has 0 aliphatic heterocycles. The number of benzene rings is 3. The number of hydrogen-bond acceptors (Lipinski definition) is 2. The van der Waals surface area contributed by atoms with Gasteiger partial charge >= 0.3 is 0 Å². The quantitative estimate of drug-likeness (QED) is 0.683. The van der Waals surface area contributed by atoms with Crippen LogP contribution in [0.1, 0.15) is 29.7 Å². The van der Waals surface area contributed by atoms with E-state index in [1.54, 1.807) is 12.1 Å². The maximum atomic E-state index is 8.78. The van der Waals surface area contributed by atoms with Gasteiger partial charge in [0.25, 0.3) is 0 Å². The molecule has 3 rings (SSSR count). The highest BCUT2D eigenvalue weighted by Crippen LogP contribution is 2.23. The molecule has 0 aliphatic rings. The number of nitrogens with zero attached hydrogens (tertiary/aromatic N) is 1. The molecule has 0 bridgehead atoms. The number of nitrogens with one attached hydrogen (secondary N) is 1. The summed E-state index contributed by atoms with van der Waals surface area (Å²) in [5, 5.41) is 14.9. The molecular formula is C24H20N2. The SMILES string of the molecule is C[C@@H](NCC=CC#Cc1ccc(C#N)cc1)c1cccc2ccccc12. The normalized spacial score (nSPS) is 11.7. The first-order valence-electron chi connectivity index (χ1n) is 8.65. The molecule has 3 aromatic rings. The van der Waals surface area contributed by atoms with Gasteiger partial charge in [-0.15, -0.1) is 0 Å². The van der Waals surface area contributed by atoms with Crippen LogP contribution in [0.5, 0.6) is 0 Å². The second-order valence-electron chi connectivity index (χ2n) is 6.06. The van der Waals surface area contributed by atoms with Gasteiger partial charge in [-0.25, -0.2) is 0 Å². The second kappa shape index (κ2) is 8.67. The van der Waals surface area contributed by atoms with Crippen LogP contribution >= 0.6 is 0 Å². The van der Waals surface area contributed by atoms with E-state index in [1.165, 1.54) is 16.3 Å². The number of hydrogen-bond donors (Lipinski definition) is 1. The van der Waals surface area contributed by atoms with Crippen molar-refractivity contribution in [3.8, 4) is 17.9 Å². The minimum atomic E-state index is 0.261. The molecule has 0 saturated carbocycles. The summed E-state index contributed by atoms with van der Waals surface area (Å²) in [6.07, 6.45) is 3.89. The van der Waals surface area contributed by atoms with Crippen molar-refractivity contribution >= 4 is 10.8 Å². The lowest BCUT2D eigenvalue weighted by Crippen LogP contribution is -2.18. The minimum absolute atomic E-state index is 0.261. The van der Waals surface area contributed by atoms with Gasteiger partial charge < -0.3 is 5.32 Å². The molecule has 0 aromatic heterocycles. The van der Waals surface area contributed by atoms with E-state index in [-0.39, 0.29) is 6.04 Å². The lowest BCUT2D eigenvalue weighted by atomic mass is 10.00. The maximum Gasteiger partial charge on any atom is 0.0991 e. The van der Waals surface area contributed by atoms with Crippen LogP contribution in [0.4, 0.5) is 0 Å². The van der Waals surface area contributed by atoms with Crippen molar-refractivity contribution in [1.29, 1.82) is 5.26 Å². The first-order valence-corrected chi connectivity index (χ1v) is 8.65. The standard InChI is InChI=1S/C24H20N2/c1-19(23-12-7-10-22-9-4-5-11-24(22)23)26-17-6-2-3-8-20-13-15-21(18-25)16-14-20/h2,4-7,9-16,19,26H,17H2,1H3/t19-/m1/s1. The van der Waals surface area contributed by atoms with Gasteiger partial charge in [0.05, 0.1) is 11.6 Å². The van der Waals surface area contributed by atoms with E-state index >= 15 is 0 Å². The van der Waals surface area contributed by atoms with E-state index in [2.05, 4.69) is 72.6 Å². The maximum absolute atomic E-state index is 8.78. The Morgan fingerprint density at radius 2 is 1.69 bits per heavy atom. The van der Waals surface area contributed by atoms with Crippen LogP contribution in [0.15, 0.2) is 78.9 Å². The first-order chi connectivity index (χ1) is 12.8. The lowest BCUT2D eigenvalue weighted by molar-refractivity contribution is 0.621. The van der Waals surface area contributed by atoms with E-state index in [4.69, 9.17) is 5.26 Å². The smallest absolute Gasteiger partial charge is 0.0991 e. The van der Waals surface area contributed by atoms with Crippen LogP contribution in [-0.2, 0) is 0 Å². The van der Waals surface area contributed by atoms with Crippen LogP contribution in [-0.4, -0.2) is 6.54 Å². The third kappa shape index (κ3) is 4.39. The van der Waals surface area contributed by atoms with Gasteiger partial charge in [0, 0.05) is 18.2 Å². The summed E-state index contributed by atoms with van der Waals surface area (Å²) in [6, 6.07) is 24.5. The Morgan fingerprint density at radius 3 is 2.50 bits per heavy atom. The minimum Gasteiger partial charge on any atom is -0.307 e. The van der Waals surface area contributed by atoms with Crippen molar-refractivity contribution < 1.29 is 0 Å². The molecule has 0 unspecified atom stereocenters. The average molecular weight is 336 g/mol. The Balaban J connectivity index is 1.56. The van der Waals surface area contributed by atoms with Gasteiger partial charge in [0.2, 0.25) is 0 Å². The second-order valence-corrected chi connectivity index (χ2v) is 6.06. The molecule has 0 spiro atoms. The van der Waals surface area contributed by atoms with Crippen molar-refractivity contribution in [2.45, 2.75) is 13.0 Å². The first kappa shape index (κ1) is 17.5. The van der Waals surface area contributed by atoms with Gasteiger partial charge in [-0.05, 0) is 53.6 Å². The van der Waals surface area contributed by atoms with Crippen LogP contribution in [0.2, 0.25) is 0 Å². The fourth-order valence-corrected chi connectivity index (χ4v) is 2.85. The van der Waals surface area contributed by atoms with Gasteiger partial charge in [-0.3, -0.25) is 0 Å². The molecule has 26 heavy (non-hydrogen) atoms. The Bertz CT molecular complexity index is 1010. The third-order valence-electron chi connectivity index (χ3n) is 4.26. The van der Waals surface area contributed by atoms with Crippen LogP contribution in [0.25, 0.3) is 10.8 Å².